The Balaban J connectivity index is 1.71. The van der Waals surface area contributed by atoms with Crippen LogP contribution in [0.15, 0.2) is 40.6 Å². The number of hydrogen-bond donors (Lipinski definition) is 5. The molecule has 0 spiro atoms. The van der Waals surface area contributed by atoms with E-state index in [1.54, 1.807) is 18.2 Å². The summed E-state index contributed by atoms with van der Waals surface area (Å²) in [5, 5.41) is 20.5. The summed E-state index contributed by atoms with van der Waals surface area (Å²) in [6.07, 6.45) is 11.7. The van der Waals surface area contributed by atoms with Crippen molar-refractivity contribution in [3.8, 4) is 0 Å². The fourth-order valence-electron chi connectivity index (χ4n) is 7.85. The number of hydrogen-bond acceptors (Lipinski definition) is 7. The number of carbonyl (C=O) groups is 4. The topological polar surface area (TPSA) is 187 Å². The maximum atomic E-state index is 13.7. The normalized spacial score (nSPS) is 18.8. The first-order valence-corrected chi connectivity index (χ1v) is 17.0. The van der Waals surface area contributed by atoms with Gasteiger partial charge in [0.15, 0.2) is 0 Å². The van der Waals surface area contributed by atoms with Crippen molar-refractivity contribution in [2.24, 2.45) is 16.3 Å². The van der Waals surface area contributed by atoms with Gasteiger partial charge in [0.25, 0.3) is 0 Å². The Bertz CT molecular complexity index is 2320. The second-order valence-electron chi connectivity index (χ2n) is 13.6. The first-order chi connectivity index (χ1) is 24.7. The zero-order chi connectivity index (χ0) is 37.6. The lowest BCUT2D eigenvalue weighted by molar-refractivity contribution is -0.149. The minimum Gasteiger partial charge on any atom is -0.481 e. The van der Waals surface area contributed by atoms with Crippen LogP contribution in [0.5, 0.6) is 0 Å². The predicted molar refractivity (Wildman–Crippen MR) is 196 cm³/mol. The zero-order valence-corrected chi connectivity index (χ0v) is 30.1. The van der Waals surface area contributed by atoms with E-state index in [-0.39, 0.29) is 31.3 Å². The number of aromatic amines is 3. The van der Waals surface area contributed by atoms with Gasteiger partial charge in [0.2, 0.25) is 0 Å². The highest BCUT2D eigenvalue weighted by Gasteiger charge is 2.54. The van der Waals surface area contributed by atoms with Gasteiger partial charge in [-0.3, -0.25) is 19.4 Å². The Labute approximate surface area is 300 Å². The molecular formula is C40H42N4O8. The maximum Gasteiger partial charge on any atom is 0.334 e. The van der Waals surface area contributed by atoms with Gasteiger partial charge in [-0.25, -0.2) is 4.79 Å². The molecule has 2 atom stereocenters. The second kappa shape index (κ2) is 13.7. The Morgan fingerprint density at radius 2 is 1.54 bits per heavy atom. The summed E-state index contributed by atoms with van der Waals surface area (Å²) < 4.78 is 10.4. The van der Waals surface area contributed by atoms with Crippen LogP contribution in [0.25, 0.3) is 24.3 Å². The Morgan fingerprint density at radius 1 is 0.865 bits per heavy atom. The van der Waals surface area contributed by atoms with Crippen molar-refractivity contribution in [2.75, 3.05) is 14.2 Å². The van der Waals surface area contributed by atoms with Crippen LogP contribution in [0.4, 0.5) is 0 Å². The number of aliphatic imine (C=N–C) groups is 1. The van der Waals surface area contributed by atoms with Gasteiger partial charge in [0.1, 0.15) is 5.92 Å². The first-order valence-electron chi connectivity index (χ1n) is 17.0. The number of carbonyl (C=O) groups excluding carboxylic acids is 2. The molecule has 5 heterocycles. The number of nitrogens with one attached hydrogen (secondary N) is 3. The lowest BCUT2D eigenvalue weighted by Gasteiger charge is -2.37. The van der Waals surface area contributed by atoms with Crippen LogP contribution in [0, 0.1) is 32.1 Å². The molecule has 3 aliphatic rings. The molecule has 52 heavy (non-hydrogen) atoms. The number of nitrogens with zero attached hydrogens (tertiary/aromatic N) is 1. The number of aromatic nitrogens is 3. The van der Waals surface area contributed by atoms with Crippen LogP contribution < -0.4 is 10.7 Å². The summed E-state index contributed by atoms with van der Waals surface area (Å²) in [6, 6.07) is 0. The number of esters is 2. The summed E-state index contributed by atoms with van der Waals surface area (Å²) in [6.45, 7) is 11.8. The van der Waals surface area contributed by atoms with E-state index in [1.807, 2.05) is 45.9 Å². The Kier molecular flexibility index (Phi) is 9.43. The van der Waals surface area contributed by atoms with Crippen LogP contribution in [-0.4, -0.2) is 69.0 Å². The number of H-pyrrole nitrogens is 3. The number of allylic oxidation sites excluding steroid dienone is 3. The molecule has 8 bridgehead atoms. The molecule has 0 saturated carbocycles. The van der Waals surface area contributed by atoms with Crippen molar-refractivity contribution < 1.29 is 38.9 Å². The fraction of sp³-hybridized carbons (Fsp3) is 0.325. The molecule has 270 valence electrons. The van der Waals surface area contributed by atoms with E-state index >= 15 is 0 Å². The standard InChI is InChI=1S/C40H42N4O8/c1-8-22-19(2)28-16-33-26-12-9-25(38(49)51-6)37(39(50)52-7)40(26,5)34(44-33)18-29-21(4)24(11-14-36(47)48)32(43-29)17-31-23(10-13-35(45)46)20(3)27(42-31)15-30(22)41-28/h8-9,12,16-18,37,41-43H,1,10-11,13-15H2,2-7H3,(H,45,46)(H,47,48)/t37?,40-/m1/s1. The molecule has 12 nitrogen and oxygen atoms in total. The van der Waals surface area contributed by atoms with Crippen LogP contribution in [-0.2, 0) is 47.9 Å². The summed E-state index contributed by atoms with van der Waals surface area (Å²) in [7, 11) is 2.54. The van der Waals surface area contributed by atoms with Crippen molar-refractivity contribution in [2.45, 2.75) is 59.8 Å². The molecule has 3 aromatic rings. The average Bonchev–Trinajstić information content (AvgIpc) is 3.76. The third-order valence-electron chi connectivity index (χ3n) is 10.8. The largest absolute Gasteiger partial charge is 0.481 e. The van der Waals surface area contributed by atoms with Gasteiger partial charge in [-0.1, -0.05) is 24.8 Å². The molecule has 1 unspecified atom stereocenters. The average molecular weight is 707 g/mol. The molecule has 5 N–H and O–H groups in total. The summed E-state index contributed by atoms with van der Waals surface area (Å²) >= 11 is 0. The number of aliphatic carboxylic acids is 2. The minimum atomic E-state index is -1.17. The Hall–Kier alpha value is -5.91. The first kappa shape index (κ1) is 35.9. The van der Waals surface area contributed by atoms with Gasteiger partial charge in [-0.05, 0) is 97.7 Å². The molecule has 2 aliphatic heterocycles. The van der Waals surface area contributed by atoms with Crippen molar-refractivity contribution in [1.82, 2.24) is 15.0 Å². The summed E-state index contributed by atoms with van der Waals surface area (Å²) in [5.41, 5.74) is 9.23. The molecule has 3 aromatic heterocycles. The van der Waals surface area contributed by atoms with Gasteiger partial charge in [0.05, 0.1) is 36.6 Å². The molecule has 6 rings (SSSR count). The second-order valence-corrected chi connectivity index (χ2v) is 13.6. The van der Waals surface area contributed by atoms with E-state index in [2.05, 4.69) is 21.5 Å². The molecule has 0 saturated heterocycles. The quantitative estimate of drug-likeness (QED) is 0.206. The van der Waals surface area contributed by atoms with E-state index in [0.29, 0.717) is 34.1 Å². The van der Waals surface area contributed by atoms with Crippen molar-refractivity contribution in [3.05, 3.63) is 102 Å². The Morgan fingerprint density at radius 3 is 2.17 bits per heavy atom. The number of rotatable bonds is 9. The zero-order valence-electron chi connectivity index (χ0n) is 30.1. The summed E-state index contributed by atoms with van der Waals surface area (Å²) in [4.78, 5) is 66.0. The minimum absolute atomic E-state index is 0.0670. The van der Waals surface area contributed by atoms with Gasteiger partial charge < -0.3 is 34.6 Å². The molecule has 0 radical (unpaired) electrons. The van der Waals surface area contributed by atoms with Gasteiger partial charge in [-0.15, -0.1) is 0 Å². The van der Waals surface area contributed by atoms with Crippen molar-refractivity contribution in [3.63, 3.8) is 0 Å². The molecular weight excluding hydrogens is 664 g/mol. The highest BCUT2D eigenvalue weighted by molar-refractivity contribution is 6.21. The highest BCUT2D eigenvalue weighted by Crippen LogP contribution is 2.52. The SMILES string of the molecule is C=Cc1c2[nH]c(c1C)C=C1N=C(C=c3[nH]c(c(CCC(=O)O)c3C)=Cc3[nH]c(c(C)c3CCC(=O)O)C2)[C@@]2(C)C1=CC=C(C(=O)OC)C2C(=O)OC. The molecule has 12 heteroatoms. The summed E-state index contributed by atoms with van der Waals surface area (Å²) in [5.74, 6) is -4.25. The number of carboxylic acids is 2. The van der Waals surface area contributed by atoms with Crippen molar-refractivity contribution >= 4 is 53.9 Å². The third-order valence-corrected chi connectivity index (χ3v) is 10.8. The fourth-order valence-corrected chi connectivity index (χ4v) is 7.85. The van der Waals surface area contributed by atoms with E-state index in [4.69, 9.17) is 14.5 Å². The van der Waals surface area contributed by atoms with Crippen LogP contribution in [0.3, 0.4) is 0 Å². The molecule has 1 aliphatic carbocycles. The van der Waals surface area contributed by atoms with Gasteiger partial charge in [0, 0.05) is 52.7 Å². The van der Waals surface area contributed by atoms with Crippen LogP contribution in [0.1, 0.15) is 75.9 Å². The molecule has 0 amide bonds. The van der Waals surface area contributed by atoms with E-state index in [0.717, 1.165) is 56.2 Å². The third kappa shape index (κ3) is 5.97. The number of carboxylic acid groups (broad SMARTS) is 2. The van der Waals surface area contributed by atoms with Gasteiger partial charge in [-0.2, -0.15) is 0 Å². The van der Waals surface area contributed by atoms with Crippen molar-refractivity contribution in [1.29, 1.82) is 0 Å². The lowest BCUT2D eigenvalue weighted by atomic mass is 9.63. The van der Waals surface area contributed by atoms with E-state index in [1.165, 1.54) is 14.2 Å². The maximum absolute atomic E-state index is 13.7. The van der Waals surface area contributed by atoms with Crippen LogP contribution >= 0.6 is 0 Å². The van der Waals surface area contributed by atoms with E-state index in [9.17, 15) is 29.4 Å². The van der Waals surface area contributed by atoms with Gasteiger partial charge >= 0.3 is 23.9 Å². The molecule has 0 fully saturated rings. The lowest BCUT2D eigenvalue weighted by Crippen LogP contribution is -2.44. The predicted octanol–water partition coefficient (Wildman–Crippen LogP) is 4.12. The molecule has 0 aromatic carbocycles. The smallest absolute Gasteiger partial charge is 0.334 e. The monoisotopic (exact) mass is 706 g/mol. The number of fused-ring (bicyclic) bond motifs is 10. The number of methoxy groups -OCH3 is 2. The highest BCUT2D eigenvalue weighted by atomic mass is 16.5. The number of ether oxygens (including phenoxy) is 2. The van der Waals surface area contributed by atoms with E-state index < -0.39 is 35.2 Å². The van der Waals surface area contributed by atoms with Crippen LogP contribution in [0.2, 0.25) is 0 Å².